The second-order valence-corrected chi connectivity index (χ2v) is 4.97. The van der Waals surface area contributed by atoms with Crippen LogP contribution in [0.5, 0.6) is 0 Å². The molecule has 1 aliphatic rings. The fourth-order valence-electron chi connectivity index (χ4n) is 2.22. The van der Waals surface area contributed by atoms with E-state index in [9.17, 15) is 9.18 Å². The lowest BCUT2D eigenvalue weighted by atomic mass is 9.92. The predicted octanol–water partition coefficient (Wildman–Crippen LogP) is 3.36. The number of ether oxygens (including phenoxy) is 1. The molecule has 0 bridgehead atoms. The third-order valence-electron chi connectivity index (χ3n) is 3.48. The van der Waals surface area contributed by atoms with E-state index in [1.54, 1.807) is 12.1 Å². The van der Waals surface area contributed by atoms with Gasteiger partial charge in [-0.2, -0.15) is 0 Å². The van der Waals surface area contributed by atoms with Crippen molar-refractivity contribution in [3.8, 4) is 0 Å². The van der Waals surface area contributed by atoms with Gasteiger partial charge in [0.2, 0.25) is 5.91 Å². The smallest absolute Gasteiger partial charge is 0.232 e. The highest BCUT2D eigenvalue weighted by Crippen LogP contribution is 2.26. The van der Waals surface area contributed by atoms with Gasteiger partial charge in [-0.25, -0.2) is 4.39 Å². The molecule has 2 rings (SSSR count). The van der Waals surface area contributed by atoms with Gasteiger partial charge < -0.3 is 10.1 Å². The molecule has 1 N–H and O–H groups in total. The Hall–Kier alpha value is -1.42. The Morgan fingerprint density at radius 1 is 1.37 bits per heavy atom. The van der Waals surface area contributed by atoms with Crippen LogP contribution in [-0.4, -0.2) is 18.6 Å². The summed E-state index contributed by atoms with van der Waals surface area (Å²) in [6.45, 7) is 2.64. The third kappa shape index (κ3) is 3.77. The van der Waals surface area contributed by atoms with Crippen molar-refractivity contribution in [2.45, 2.75) is 38.7 Å². The van der Waals surface area contributed by atoms with E-state index >= 15 is 0 Å². The molecule has 104 valence electrons. The molecule has 3 nitrogen and oxygen atoms in total. The Morgan fingerprint density at radius 2 is 2.11 bits per heavy atom. The molecule has 0 saturated carbocycles. The number of carbonyl (C=O) groups excluding carboxylic acids is 1. The Balaban J connectivity index is 1.81. The fraction of sp³-hybridized carbons (Fsp3) is 0.533. The van der Waals surface area contributed by atoms with Crippen LogP contribution in [-0.2, 0) is 9.53 Å². The van der Waals surface area contributed by atoms with Crippen LogP contribution >= 0.6 is 0 Å². The molecule has 1 aromatic carbocycles. The molecule has 2 atom stereocenters. The zero-order valence-electron chi connectivity index (χ0n) is 11.2. The van der Waals surface area contributed by atoms with Crippen LogP contribution in [0, 0.1) is 11.7 Å². The quantitative estimate of drug-likeness (QED) is 0.801. The van der Waals surface area contributed by atoms with Crippen LogP contribution in [0.15, 0.2) is 24.3 Å². The zero-order valence-corrected chi connectivity index (χ0v) is 11.2. The van der Waals surface area contributed by atoms with Crippen LogP contribution in [0.3, 0.4) is 0 Å². The molecule has 0 aromatic heterocycles. The van der Waals surface area contributed by atoms with E-state index in [0.717, 1.165) is 12.8 Å². The molecule has 4 heteroatoms. The van der Waals surface area contributed by atoms with Crippen LogP contribution in [0.25, 0.3) is 0 Å². The monoisotopic (exact) mass is 265 g/mol. The number of nitrogens with one attached hydrogen (secondary N) is 1. The fourth-order valence-corrected chi connectivity index (χ4v) is 2.22. The van der Waals surface area contributed by atoms with Gasteiger partial charge in [0.1, 0.15) is 5.82 Å². The lowest BCUT2D eigenvalue weighted by Crippen LogP contribution is -2.47. The minimum Gasteiger partial charge on any atom is -0.376 e. The van der Waals surface area contributed by atoms with Gasteiger partial charge in [-0.3, -0.25) is 4.79 Å². The van der Waals surface area contributed by atoms with Crippen LogP contribution in [0.4, 0.5) is 10.1 Å². The molecule has 0 aliphatic carbocycles. The van der Waals surface area contributed by atoms with E-state index < -0.39 is 0 Å². The molecule has 1 aromatic rings. The first-order valence-electron chi connectivity index (χ1n) is 6.88. The summed E-state index contributed by atoms with van der Waals surface area (Å²) in [5.74, 6) is -0.399. The number of halogens is 1. The van der Waals surface area contributed by atoms with Gasteiger partial charge >= 0.3 is 0 Å². The number of hydrogen-bond donors (Lipinski definition) is 1. The Labute approximate surface area is 113 Å². The van der Waals surface area contributed by atoms with Crippen molar-refractivity contribution in [2.24, 2.45) is 5.92 Å². The summed E-state index contributed by atoms with van der Waals surface area (Å²) >= 11 is 0. The van der Waals surface area contributed by atoms with Crippen molar-refractivity contribution in [2.75, 3.05) is 11.9 Å². The number of anilines is 1. The maximum Gasteiger partial charge on any atom is 0.232 e. The summed E-state index contributed by atoms with van der Waals surface area (Å²) in [5, 5.41) is 2.81. The third-order valence-corrected chi connectivity index (χ3v) is 3.48. The summed E-state index contributed by atoms with van der Waals surface area (Å²) < 4.78 is 18.2. The average Bonchev–Trinajstić information content (AvgIpc) is 2.36. The highest BCUT2D eigenvalue weighted by Gasteiger charge is 2.37. The van der Waals surface area contributed by atoms with Gasteiger partial charge in [0.25, 0.3) is 0 Å². The minimum absolute atomic E-state index is 0.0284. The lowest BCUT2D eigenvalue weighted by Gasteiger charge is -2.35. The van der Waals surface area contributed by atoms with Crippen LogP contribution in [0.2, 0.25) is 0 Å². The Morgan fingerprint density at radius 3 is 2.68 bits per heavy atom. The SMILES string of the molecule is CCCCCC1OCC1C(=O)Nc1ccc(F)cc1. The predicted molar refractivity (Wildman–Crippen MR) is 72.4 cm³/mol. The molecule has 2 unspecified atom stereocenters. The Bertz CT molecular complexity index is 419. The summed E-state index contributed by atoms with van der Waals surface area (Å²) in [5.41, 5.74) is 0.630. The van der Waals surface area contributed by atoms with Gasteiger partial charge in [0, 0.05) is 5.69 Å². The van der Waals surface area contributed by atoms with Crippen molar-refractivity contribution in [3.63, 3.8) is 0 Å². The number of hydrogen-bond acceptors (Lipinski definition) is 2. The van der Waals surface area contributed by atoms with E-state index in [1.807, 2.05) is 0 Å². The maximum atomic E-state index is 12.8. The van der Waals surface area contributed by atoms with E-state index in [-0.39, 0.29) is 23.7 Å². The summed E-state index contributed by atoms with van der Waals surface area (Å²) in [6, 6.07) is 5.81. The molecule has 1 fully saturated rings. The van der Waals surface area contributed by atoms with E-state index in [1.165, 1.54) is 25.0 Å². The highest BCUT2D eigenvalue weighted by atomic mass is 19.1. The molecule has 19 heavy (non-hydrogen) atoms. The molecular weight excluding hydrogens is 245 g/mol. The standard InChI is InChI=1S/C15H20FNO2/c1-2-3-4-5-14-13(10-19-14)15(18)17-12-8-6-11(16)7-9-12/h6-9,13-14H,2-5,10H2,1H3,(H,17,18). The second-order valence-electron chi connectivity index (χ2n) is 4.97. The second kappa shape index (κ2) is 6.66. The number of amides is 1. The zero-order chi connectivity index (χ0) is 13.7. The number of rotatable bonds is 6. The number of carbonyl (C=O) groups is 1. The number of benzene rings is 1. The van der Waals surface area contributed by atoms with Crippen molar-refractivity contribution in [1.82, 2.24) is 0 Å². The minimum atomic E-state index is -0.303. The normalized spacial score (nSPS) is 21.8. The molecule has 0 spiro atoms. The summed E-state index contributed by atoms with van der Waals surface area (Å²) in [7, 11) is 0. The summed E-state index contributed by atoms with van der Waals surface area (Å²) in [4.78, 5) is 12.0. The van der Waals surface area contributed by atoms with Crippen LogP contribution < -0.4 is 5.32 Å². The Kier molecular flexibility index (Phi) is 4.91. The molecular formula is C15H20FNO2. The van der Waals surface area contributed by atoms with Gasteiger partial charge in [-0.05, 0) is 30.7 Å². The topological polar surface area (TPSA) is 38.3 Å². The molecule has 1 aliphatic heterocycles. The van der Waals surface area contributed by atoms with Gasteiger partial charge in [0.05, 0.1) is 18.6 Å². The van der Waals surface area contributed by atoms with Crippen molar-refractivity contribution in [1.29, 1.82) is 0 Å². The molecule has 0 radical (unpaired) electrons. The lowest BCUT2D eigenvalue weighted by molar-refractivity contribution is -0.152. The first-order valence-corrected chi connectivity index (χ1v) is 6.88. The van der Waals surface area contributed by atoms with Gasteiger partial charge in [-0.15, -0.1) is 0 Å². The highest BCUT2D eigenvalue weighted by molar-refractivity contribution is 5.93. The largest absolute Gasteiger partial charge is 0.376 e. The maximum absolute atomic E-state index is 12.8. The van der Waals surface area contributed by atoms with Crippen molar-refractivity contribution < 1.29 is 13.9 Å². The van der Waals surface area contributed by atoms with Crippen molar-refractivity contribution in [3.05, 3.63) is 30.1 Å². The van der Waals surface area contributed by atoms with E-state index in [2.05, 4.69) is 12.2 Å². The molecule has 1 saturated heterocycles. The van der Waals surface area contributed by atoms with E-state index in [4.69, 9.17) is 4.74 Å². The average molecular weight is 265 g/mol. The van der Waals surface area contributed by atoms with Gasteiger partial charge in [-0.1, -0.05) is 26.2 Å². The van der Waals surface area contributed by atoms with Crippen LogP contribution in [0.1, 0.15) is 32.6 Å². The first-order chi connectivity index (χ1) is 9.20. The van der Waals surface area contributed by atoms with Gasteiger partial charge in [0.15, 0.2) is 0 Å². The first kappa shape index (κ1) is 14.0. The van der Waals surface area contributed by atoms with E-state index in [0.29, 0.717) is 12.3 Å². The number of unbranched alkanes of at least 4 members (excludes halogenated alkanes) is 2. The molecule has 1 heterocycles. The summed E-state index contributed by atoms with van der Waals surface area (Å²) in [6.07, 6.45) is 4.43. The molecule has 1 amide bonds. The van der Waals surface area contributed by atoms with Crippen molar-refractivity contribution >= 4 is 11.6 Å².